The van der Waals surface area contributed by atoms with Crippen molar-refractivity contribution in [3.8, 4) is 0 Å². The van der Waals surface area contributed by atoms with Crippen molar-refractivity contribution >= 4 is 35.0 Å². The highest BCUT2D eigenvalue weighted by atomic mass is 35.5. The summed E-state index contributed by atoms with van der Waals surface area (Å²) in [7, 11) is 1.28. The predicted molar refractivity (Wildman–Crippen MR) is 52.5 cm³/mol. The van der Waals surface area contributed by atoms with Crippen LogP contribution in [0, 0.1) is 0 Å². The van der Waals surface area contributed by atoms with Gasteiger partial charge in [-0.05, 0) is 18.2 Å². The molecule has 0 fully saturated rings. The first-order valence-corrected chi connectivity index (χ1v) is 4.19. The van der Waals surface area contributed by atoms with Crippen molar-refractivity contribution in [2.45, 2.75) is 0 Å². The normalized spacial score (nSPS) is 9.46. The average Bonchev–Trinajstić information content (AvgIpc) is 2.09. The zero-order valence-corrected chi connectivity index (χ0v) is 8.32. The fraction of sp³-hybridized carbons (Fsp3) is 0.125. The Morgan fingerprint density at radius 1 is 1.46 bits per heavy atom. The van der Waals surface area contributed by atoms with Crippen molar-refractivity contribution in [3.63, 3.8) is 0 Å². The van der Waals surface area contributed by atoms with E-state index in [0.29, 0.717) is 15.7 Å². The van der Waals surface area contributed by atoms with Gasteiger partial charge in [-0.2, -0.15) is 0 Å². The number of amides is 1. The summed E-state index contributed by atoms with van der Waals surface area (Å²) in [4.78, 5) is 10.8. The first-order valence-electron chi connectivity index (χ1n) is 3.43. The van der Waals surface area contributed by atoms with Crippen LogP contribution in [0.2, 0.25) is 10.0 Å². The van der Waals surface area contributed by atoms with Crippen LogP contribution in [-0.2, 0) is 4.74 Å². The molecule has 0 bridgehead atoms. The topological polar surface area (TPSA) is 38.3 Å². The first-order chi connectivity index (χ1) is 6.13. The molecule has 0 aromatic heterocycles. The van der Waals surface area contributed by atoms with E-state index in [0.717, 1.165) is 0 Å². The molecule has 0 saturated carbocycles. The lowest BCUT2D eigenvalue weighted by atomic mass is 10.3. The van der Waals surface area contributed by atoms with Crippen LogP contribution in [0.15, 0.2) is 18.2 Å². The molecule has 0 aliphatic rings. The van der Waals surface area contributed by atoms with Gasteiger partial charge in [-0.15, -0.1) is 0 Å². The van der Waals surface area contributed by atoms with E-state index >= 15 is 0 Å². The zero-order chi connectivity index (χ0) is 9.84. The van der Waals surface area contributed by atoms with E-state index in [9.17, 15) is 4.79 Å². The number of hydrogen-bond acceptors (Lipinski definition) is 2. The minimum Gasteiger partial charge on any atom is -0.453 e. The van der Waals surface area contributed by atoms with Gasteiger partial charge in [0.05, 0.1) is 17.8 Å². The molecule has 13 heavy (non-hydrogen) atoms. The molecule has 0 radical (unpaired) electrons. The maximum atomic E-state index is 10.8. The van der Waals surface area contributed by atoms with Gasteiger partial charge in [0.1, 0.15) is 0 Å². The Hall–Kier alpha value is -0.930. The summed E-state index contributed by atoms with van der Waals surface area (Å²) in [6.07, 6.45) is -0.566. The van der Waals surface area contributed by atoms with E-state index in [1.807, 2.05) is 0 Å². The minimum absolute atomic E-state index is 0.373. The standard InChI is InChI=1S/C8H7Cl2NO2/c1-13-8(12)11-7-3-2-5(9)4-6(7)10/h2-4H,1H3,(H,11,12). The first kappa shape index (κ1) is 10.2. The van der Waals surface area contributed by atoms with Crippen LogP contribution in [0.3, 0.4) is 0 Å². The summed E-state index contributed by atoms with van der Waals surface area (Å²) < 4.78 is 4.40. The Balaban J connectivity index is 2.83. The molecule has 0 heterocycles. The number of nitrogens with one attached hydrogen (secondary N) is 1. The van der Waals surface area contributed by atoms with Gasteiger partial charge < -0.3 is 4.74 Å². The predicted octanol–water partition coefficient (Wildman–Crippen LogP) is 3.17. The van der Waals surface area contributed by atoms with Crippen LogP contribution in [0.1, 0.15) is 0 Å². The van der Waals surface area contributed by atoms with Crippen LogP contribution < -0.4 is 5.32 Å². The van der Waals surface area contributed by atoms with Gasteiger partial charge in [-0.3, -0.25) is 5.32 Å². The molecule has 0 aliphatic carbocycles. The molecule has 0 unspecified atom stereocenters. The summed E-state index contributed by atoms with van der Waals surface area (Å²) in [6.45, 7) is 0. The summed E-state index contributed by atoms with van der Waals surface area (Å²) in [5.41, 5.74) is 0.470. The van der Waals surface area contributed by atoms with Crippen molar-refractivity contribution in [3.05, 3.63) is 28.2 Å². The summed E-state index contributed by atoms with van der Waals surface area (Å²) in [5, 5.41) is 3.32. The average molecular weight is 220 g/mol. The smallest absolute Gasteiger partial charge is 0.411 e. The molecule has 1 rings (SSSR count). The fourth-order valence-electron chi connectivity index (χ4n) is 0.752. The van der Waals surface area contributed by atoms with E-state index in [-0.39, 0.29) is 0 Å². The third-order valence-electron chi connectivity index (χ3n) is 1.35. The second-order valence-electron chi connectivity index (χ2n) is 2.24. The van der Waals surface area contributed by atoms with Gasteiger partial charge in [0.25, 0.3) is 0 Å². The van der Waals surface area contributed by atoms with Crippen LogP contribution in [-0.4, -0.2) is 13.2 Å². The summed E-state index contributed by atoms with van der Waals surface area (Å²) in [6, 6.07) is 4.76. The van der Waals surface area contributed by atoms with Gasteiger partial charge >= 0.3 is 6.09 Å². The number of hydrogen-bond donors (Lipinski definition) is 1. The molecule has 1 aromatic carbocycles. The molecule has 3 nitrogen and oxygen atoms in total. The summed E-state index contributed by atoms with van der Waals surface area (Å²) in [5.74, 6) is 0. The van der Waals surface area contributed by atoms with E-state index in [1.165, 1.54) is 13.2 Å². The molecule has 0 spiro atoms. The molecule has 0 atom stereocenters. The van der Waals surface area contributed by atoms with Gasteiger partial charge in [-0.1, -0.05) is 23.2 Å². The number of methoxy groups -OCH3 is 1. The Labute approximate surface area is 85.6 Å². The number of carbonyl (C=O) groups is 1. The highest BCUT2D eigenvalue weighted by Crippen LogP contribution is 2.25. The second-order valence-corrected chi connectivity index (χ2v) is 3.08. The van der Waals surface area contributed by atoms with Gasteiger partial charge in [0.15, 0.2) is 0 Å². The fourth-order valence-corrected chi connectivity index (χ4v) is 1.21. The van der Waals surface area contributed by atoms with Crippen LogP contribution in [0.25, 0.3) is 0 Å². The highest BCUT2D eigenvalue weighted by Gasteiger charge is 2.04. The third kappa shape index (κ3) is 2.79. The largest absolute Gasteiger partial charge is 0.453 e. The quantitative estimate of drug-likeness (QED) is 0.789. The van der Waals surface area contributed by atoms with E-state index < -0.39 is 6.09 Å². The molecule has 0 saturated heterocycles. The lowest BCUT2D eigenvalue weighted by molar-refractivity contribution is 0.187. The third-order valence-corrected chi connectivity index (χ3v) is 1.90. The number of carbonyl (C=O) groups excluding carboxylic acids is 1. The molecule has 1 N–H and O–H groups in total. The number of ether oxygens (including phenoxy) is 1. The van der Waals surface area contributed by atoms with Crippen LogP contribution in [0.5, 0.6) is 0 Å². The lowest BCUT2D eigenvalue weighted by Gasteiger charge is -2.05. The second kappa shape index (κ2) is 4.35. The van der Waals surface area contributed by atoms with Crippen molar-refractivity contribution in [1.29, 1.82) is 0 Å². The molecule has 5 heteroatoms. The van der Waals surface area contributed by atoms with Crippen molar-refractivity contribution in [1.82, 2.24) is 0 Å². The van der Waals surface area contributed by atoms with E-state index in [2.05, 4.69) is 10.1 Å². The SMILES string of the molecule is COC(=O)Nc1ccc(Cl)cc1Cl. The van der Waals surface area contributed by atoms with E-state index in [1.54, 1.807) is 12.1 Å². The van der Waals surface area contributed by atoms with Crippen molar-refractivity contribution in [2.75, 3.05) is 12.4 Å². The highest BCUT2D eigenvalue weighted by molar-refractivity contribution is 6.36. The van der Waals surface area contributed by atoms with Gasteiger partial charge in [0.2, 0.25) is 0 Å². The van der Waals surface area contributed by atoms with Gasteiger partial charge in [0, 0.05) is 5.02 Å². The monoisotopic (exact) mass is 219 g/mol. The Morgan fingerprint density at radius 2 is 2.15 bits per heavy atom. The Bertz CT molecular complexity index is 328. The van der Waals surface area contributed by atoms with Gasteiger partial charge in [-0.25, -0.2) is 4.79 Å². The molecule has 70 valence electrons. The Morgan fingerprint density at radius 3 is 2.69 bits per heavy atom. The molecule has 1 amide bonds. The van der Waals surface area contributed by atoms with Crippen molar-refractivity contribution in [2.24, 2.45) is 0 Å². The molecular weight excluding hydrogens is 213 g/mol. The lowest BCUT2D eigenvalue weighted by Crippen LogP contribution is -2.11. The summed E-state index contributed by atoms with van der Waals surface area (Å²) >= 11 is 11.4. The molecule has 0 aliphatic heterocycles. The number of rotatable bonds is 1. The number of halogens is 2. The van der Waals surface area contributed by atoms with E-state index in [4.69, 9.17) is 23.2 Å². The van der Waals surface area contributed by atoms with Crippen LogP contribution >= 0.6 is 23.2 Å². The maximum absolute atomic E-state index is 10.8. The van der Waals surface area contributed by atoms with Crippen molar-refractivity contribution < 1.29 is 9.53 Å². The maximum Gasteiger partial charge on any atom is 0.411 e. The zero-order valence-electron chi connectivity index (χ0n) is 6.80. The van der Waals surface area contributed by atoms with Crippen LogP contribution in [0.4, 0.5) is 10.5 Å². The minimum atomic E-state index is -0.566. The molecule has 1 aromatic rings. The molecular formula is C8H7Cl2NO2. The Kier molecular flexibility index (Phi) is 3.39. The number of anilines is 1. The number of benzene rings is 1.